The highest BCUT2D eigenvalue weighted by Crippen LogP contribution is 2.33. The van der Waals surface area contributed by atoms with Crippen molar-refractivity contribution in [2.75, 3.05) is 5.32 Å². The maximum atomic E-state index is 11.7. The van der Waals surface area contributed by atoms with Crippen LogP contribution in [0.2, 0.25) is 0 Å². The number of carbonyl (C=O) groups excluding carboxylic acids is 1. The van der Waals surface area contributed by atoms with E-state index in [2.05, 4.69) is 5.32 Å². The lowest BCUT2D eigenvalue weighted by molar-refractivity contribution is 0.0634. The van der Waals surface area contributed by atoms with E-state index in [-0.39, 0.29) is 11.4 Å². The number of phenols is 1. The van der Waals surface area contributed by atoms with E-state index in [9.17, 15) is 15.0 Å². The second-order valence-corrected chi connectivity index (χ2v) is 5.29. The first-order valence-electron chi connectivity index (χ1n) is 6.24. The highest BCUT2D eigenvalue weighted by atomic mass is 16.6. The molecule has 0 bridgehead atoms. The summed E-state index contributed by atoms with van der Waals surface area (Å²) in [5.41, 5.74) is 0.0253. The van der Waals surface area contributed by atoms with Crippen LogP contribution in [0.3, 0.4) is 0 Å². The zero-order valence-electron chi connectivity index (χ0n) is 11.7. The van der Waals surface area contributed by atoms with E-state index < -0.39 is 17.8 Å². The number of benzene rings is 1. The topological polar surface area (TPSA) is 78.8 Å². The summed E-state index contributed by atoms with van der Waals surface area (Å²) in [6.07, 6.45) is -0.942. The molecule has 5 nitrogen and oxygen atoms in total. The Morgan fingerprint density at radius 3 is 2.58 bits per heavy atom. The van der Waals surface area contributed by atoms with Crippen LogP contribution in [-0.2, 0) is 4.74 Å². The van der Waals surface area contributed by atoms with Gasteiger partial charge in [0.25, 0.3) is 0 Å². The summed E-state index contributed by atoms with van der Waals surface area (Å²) in [6.45, 7) is 7.06. The Kier molecular flexibility index (Phi) is 4.78. The summed E-state index contributed by atoms with van der Waals surface area (Å²) in [6, 6.07) is 4.71. The van der Waals surface area contributed by atoms with Gasteiger partial charge >= 0.3 is 6.09 Å². The molecule has 19 heavy (non-hydrogen) atoms. The molecule has 3 N–H and O–H groups in total. The number of nitrogens with one attached hydrogen (secondary N) is 1. The molecular weight excluding hydrogens is 246 g/mol. The van der Waals surface area contributed by atoms with Gasteiger partial charge in [-0.2, -0.15) is 0 Å². The smallest absolute Gasteiger partial charge is 0.412 e. The van der Waals surface area contributed by atoms with Crippen LogP contribution in [0.5, 0.6) is 5.75 Å². The van der Waals surface area contributed by atoms with Crippen LogP contribution >= 0.6 is 0 Å². The minimum Gasteiger partial charge on any atom is -0.506 e. The Hall–Kier alpha value is -1.75. The van der Waals surface area contributed by atoms with E-state index in [0.717, 1.165) is 0 Å². The van der Waals surface area contributed by atoms with Crippen molar-refractivity contribution in [3.05, 3.63) is 23.8 Å². The summed E-state index contributed by atoms with van der Waals surface area (Å²) in [7, 11) is 0. The molecule has 0 saturated heterocycles. The molecule has 0 radical (unpaired) electrons. The number of para-hydroxylation sites is 1. The minimum absolute atomic E-state index is 0.101. The zero-order chi connectivity index (χ0) is 14.6. The molecule has 0 spiro atoms. The summed E-state index contributed by atoms with van der Waals surface area (Å²) in [4.78, 5) is 11.7. The Labute approximate surface area is 113 Å². The fourth-order valence-electron chi connectivity index (χ4n) is 1.60. The number of aliphatic hydroxyl groups is 1. The Balaban J connectivity index is 2.97. The van der Waals surface area contributed by atoms with Crippen molar-refractivity contribution >= 4 is 11.8 Å². The first-order valence-corrected chi connectivity index (χ1v) is 6.24. The summed E-state index contributed by atoms with van der Waals surface area (Å²) in [5, 5.41) is 22.2. The van der Waals surface area contributed by atoms with Crippen LogP contribution in [0.1, 0.15) is 45.8 Å². The molecule has 1 atom stereocenters. The van der Waals surface area contributed by atoms with Gasteiger partial charge in [0.2, 0.25) is 0 Å². The van der Waals surface area contributed by atoms with Crippen molar-refractivity contribution in [3.63, 3.8) is 0 Å². The molecule has 0 heterocycles. The number of phenolic OH excluding ortho intramolecular Hbond substituents is 1. The molecule has 0 aromatic heterocycles. The third-order valence-electron chi connectivity index (χ3n) is 2.45. The molecule has 0 aliphatic rings. The number of aromatic hydroxyl groups is 1. The van der Waals surface area contributed by atoms with Crippen molar-refractivity contribution in [3.8, 4) is 5.75 Å². The number of aliphatic hydroxyl groups excluding tert-OH is 1. The minimum atomic E-state index is -0.753. The molecule has 1 aromatic carbocycles. The number of hydrogen-bond donors (Lipinski definition) is 3. The third kappa shape index (κ3) is 4.44. The maximum absolute atomic E-state index is 11.7. The van der Waals surface area contributed by atoms with Gasteiger partial charge in [-0.1, -0.05) is 19.1 Å². The van der Waals surface area contributed by atoms with Crippen molar-refractivity contribution in [1.29, 1.82) is 0 Å². The molecule has 106 valence electrons. The number of rotatable bonds is 3. The highest BCUT2D eigenvalue weighted by Gasteiger charge is 2.20. The van der Waals surface area contributed by atoms with E-state index >= 15 is 0 Å². The largest absolute Gasteiger partial charge is 0.506 e. The van der Waals surface area contributed by atoms with Gasteiger partial charge in [-0.05, 0) is 33.3 Å². The standard InChI is InChI=1S/C14H21NO4/c1-5-10(16)9-7-6-8-11(17)12(9)15-13(18)19-14(2,3)4/h6-8,10,16-17H,5H2,1-4H3,(H,15,18)/t10-/m0/s1. The lowest BCUT2D eigenvalue weighted by Gasteiger charge is -2.21. The van der Waals surface area contributed by atoms with Crippen LogP contribution in [0.15, 0.2) is 18.2 Å². The zero-order valence-corrected chi connectivity index (χ0v) is 11.7. The fourth-order valence-corrected chi connectivity index (χ4v) is 1.60. The number of ether oxygens (including phenoxy) is 1. The van der Waals surface area contributed by atoms with Crippen molar-refractivity contribution in [2.45, 2.75) is 45.8 Å². The molecule has 0 saturated carbocycles. The van der Waals surface area contributed by atoms with Crippen LogP contribution in [0, 0.1) is 0 Å². The van der Waals surface area contributed by atoms with Crippen molar-refractivity contribution < 1.29 is 19.7 Å². The SMILES string of the molecule is CC[C@H](O)c1cccc(O)c1NC(=O)OC(C)(C)C. The Morgan fingerprint density at radius 2 is 2.05 bits per heavy atom. The van der Waals surface area contributed by atoms with Gasteiger partial charge in [0.15, 0.2) is 0 Å². The first kappa shape index (κ1) is 15.3. The average molecular weight is 267 g/mol. The normalized spacial score (nSPS) is 12.9. The van der Waals surface area contributed by atoms with Crippen LogP contribution in [0.4, 0.5) is 10.5 Å². The van der Waals surface area contributed by atoms with E-state index in [1.165, 1.54) is 6.07 Å². The predicted octanol–water partition coefficient (Wildman–Crippen LogP) is 3.18. The van der Waals surface area contributed by atoms with Gasteiger partial charge < -0.3 is 14.9 Å². The quantitative estimate of drug-likeness (QED) is 0.735. The van der Waals surface area contributed by atoms with Gasteiger partial charge in [0, 0.05) is 5.56 Å². The highest BCUT2D eigenvalue weighted by molar-refractivity contribution is 5.88. The summed E-state index contributed by atoms with van der Waals surface area (Å²) >= 11 is 0. The van der Waals surface area contributed by atoms with E-state index in [0.29, 0.717) is 12.0 Å². The van der Waals surface area contributed by atoms with Gasteiger partial charge in [-0.25, -0.2) is 4.79 Å². The van der Waals surface area contributed by atoms with Gasteiger partial charge in [0.1, 0.15) is 11.4 Å². The molecule has 0 unspecified atom stereocenters. The molecule has 5 heteroatoms. The van der Waals surface area contributed by atoms with E-state index in [1.54, 1.807) is 32.9 Å². The summed E-state index contributed by atoms with van der Waals surface area (Å²) in [5.74, 6) is -0.101. The lowest BCUT2D eigenvalue weighted by atomic mass is 10.0. The fraction of sp³-hybridized carbons (Fsp3) is 0.500. The van der Waals surface area contributed by atoms with Gasteiger partial charge in [-0.3, -0.25) is 5.32 Å². The van der Waals surface area contributed by atoms with Crippen molar-refractivity contribution in [1.82, 2.24) is 0 Å². The summed E-state index contributed by atoms with van der Waals surface area (Å²) < 4.78 is 5.12. The number of hydrogen-bond acceptors (Lipinski definition) is 4. The lowest BCUT2D eigenvalue weighted by Crippen LogP contribution is -2.27. The van der Waals surface area contributed by atoms with Crippen molar-refractivity contribution in [2.24, 2.45) is 0 Å². The molecule has 0 aliphatic heterocycles. The maximum Gasteiger partial charge on any atom is 0.412 e. The van der Waals surface area contributed by atoms with E-state index in [4.69, 9.17) is 4.74 Å². The molecule has 1 amide bonds. The van der Waals surface area contributed by atoms with E-state index in [1.807, 2.05) is 6.92 Å². The molecule has 1 aromatic rings. The third-order valence-corrected chi connectivity index (χ3v) is 2.45. The first-order chi connectivity index (χ1) is 8.74. The van der Waals surface area contributed by atoms with Gasteiger partial charge in [-0.15, -0.1) is 0 Å². The average Bonchev–Trinajstić information content (AvgIpc) is 2.28. The van der Waals surface area contributed by atoms with Crippen LogP contribution < -0.4 is 5.32 Å². The second-order valence-electron chi connectivity index (χ2n) is 5.29. The molecule has 0 fully saturated rings. The molecule has 0 aliphatic carbocycles. The van der Waals surface area contributed by atoms with Crippen LogP contribution in [-0.4, -0.2) is 21.9 Å². The molecule has 1 rings (SSSR count). The molecular formula is C14H21NO4. The number of amides is 1. The number of anilines is 1. The monoisotopic (exact) mass is 267 g/mol. The number of carbonyl (C=O) groups is 1. The Morgan fingerprint density at radius 1 is 1.42 bits per heavy atom. The Bertz CT molecular complexity index is 451. The predicted molar refractivity (Wildman–Crippen MR) is 73.2 cm³/mol. The van der Waals surface area contributed by atoms with Gasteiger partial charge in [0.05, 0.1) is 11.8 Å². The second kappa shape index (κ2) is 5.93. The van der Waals surface area contributed by atoms with Crippen LogP contribution in [0.25, 0.3) is 0 Å².